The topological polar surface area (TPSA) is 64.8 Å². The zero-order chi connectivity index (χ0) is 18.2. The molecule has 1 aliphatic heterocycles. The number of para-hydroxylation sites is 1. The molecule has 2 aliphatic rings. The number of aromatic amines is 2. The molecule has 0 saturated heterocycles. The first-order valence-electron chi connectivity index (χ1n) is 10.2. The largest absolute Gasteiger partial charge is 0.361 e. The molecule has 5 nitrogen and oxygen atoms in total. The van der Waals surface area contributed by atoms with E-state index in [1.165, 1.54) is 35.7 Å². The SMILES string of the molecule is O=c1[nH]c(C2CCCCC2)nc2c1CN(Cc1c[nH]c3ccccc13)CC2. The lowest BCUT2D eigenvalue weighted by Crippen LogP contribution is -2.36. The monoisotopic (exact) mass is 362 g/mol. The highest BCUT2D eigenvalue weighted by atomic mass is 16.1. The number of benzene rings is 1. The molecule has 0 radical (unpaired) electrons. The molecule has 1 fully saturated rings. The zero-order valence-corrected chi connectivity index (χ0v) is 15.6. The molecule has 3 heterocycles. The number of aromatic nitrogens is 3. The van der Waals surface area contributed by atoms with E-state index >= 15 is 0 Å². The fourth-order valence-corrected chi connectivity index (χ4v) is 4.71. The summed E-state index contributed by atoms with van der Waals surface area (Å²) >= 11 is 0. The van der Waals surface area contributed by atoms with Crippen LogP contribution in [0.2, 0.25) is 0 Å². The summed E-state index contributed by atoms with van der Waals surface area (Å²) in [7, 11) is 0. The van der Waals surface area contributed by atoms with Crippen molar-refractivity contribution in [1.29, 1.82) is 0 Å². The smallest absolute Gasteiger partial charge is 0.255 e. The highest BCUT2D eigenvalue weighted by molar-refractivity contribution is 5.82. The van der Waals surface area contributed by atoms with Gasteiger partial charge in [-0.05, 0) is 24.5 Å². The van der Waals surface area contributed by atoms with Gasteiger partial charge in [0.25, 0.3) is 5.56 Å². The Labute approximate surface area is 158 Å². The molecular formula is C22H26N4O. The minimum absolute atomic E-state index is 0.0733. The molecule has 3 aromatic rings. The van der Waals surface area contributed by atoms with E-state index in [1.807, 2.05) is 0 Å². The molecule has 5 rings (SSSR count). The van der Waals surface area contributed by atoms with Gasteiger partial charge in [-0.1, -0.05) is 37.5 Å². The average molecular weight is 362 g/mol. The summed E-state index contributed by atoms with van der Waals surface area (Å²) < 4.78 is 0. The van der Waals surface area contributed by atoms with Gasteiger partial charge < -0.3 is 9.97 Å². The van der Waals surface area contributed by atoms with Crippen LogP contribution < -0.4 is 5.56 Å². The first-order chi connectivity index (χ1) is 13.3. The lowest BCUT2D eigenvalue weighted by Gasteiger charge is -2.28. The number of nitrogens with one attached hydrogen (secondary N) is 2. The summed E-state index contributed by atoms with van der Waals surface area (Å²) in [5, 5.41) is 1.27. The van der Waals surface area contributed by atoms with Crippen molar-refractivity contribution in [2.45, 2.75) is 57.5 Å². The molecule has 0 atom stereocenters. The van der Waals surface area contributed by atoms with Crippen molar-refractivity contribution in [2.75, 3.05) is 6.54 Å². The van der Waals surface area contributed by atoms with Crippen molar-refractivity contribution in [1.82, 2.24) is 19.9 Å². The van der Waals surface area contributed by atoms with Gasteiger partial charge in [0, 0.05) is 49.1 Å². The second-order valence-electron chi connectivity index (χ2n) is 8.03. The van der Waals surface area contributed by atoms with Crippen LogP contribution in [0.15, 0.2) is 35.3 Å². The van der Waals surface area contributed by atoms with Crippen molar-refractivity contribution < 1.29 is 0 Å². The maximum atomic E-state index is 12.8. The fourth-order valence-electron chi connectivity index (χ4n) is 4.71. The number of nitrogens with zero attached hydrogens (tertiary/aromatic N) is 2. The van der Waals surface area contributed by atoms with Gasteiger partial charge in [-0.3, -0.25) is 9.69 Å². The van der Waals surface area contributed by atoms with Crippen molar-refractivity contribution >= 4 is 10.9 Å². The lowest BCUT2D eigenvalue weighted by molar-refractivity contribution is 0.242. The third-order valence-electron chi connectivity index (χ3n) is 6.23. The highest BCUT2D eigenvalue weighted by Gasteiger charge is 2.24. The molecule has 0 unspecified atom stereocenters. The van der Waals surface area contributed by atoms with E-state index in [0.717, 1.165) is 49.4 Å². The Morgan fingerprint density at radius 3 is 2.89 bits per heavy atom. The van der Waals surface area contributed by atoms with Gasteiger partial charge in [0.1, 0.15) is 5.82 Å². The van der Waals surface area contributed by atoms with E-state index in [4.69, 9.17) is 4.98 Å². The van der Waals surface area contributed by atoms with E-state index in [0.29, 0.717) is 12.5 Å². The standard InChI is InChI=1S/C22H26N4O/c27-22-18-14-26(13-16-12-23-19-9-5-4-8-17(16)19)11-10-20(18)24-21(25-22)15-6-2-1-3-7-15/h4-5,8-9,12,15,23H,1-3,6-7,10-11,13-14H2,(H,24,25,27). The molecule has 5 heteroatoms. The predicted octanol–water partition coefficient (Wildman–Crippen LogP) is 3.86. The zero-order valence-electron chi connectivity index (χ0n) is 15.6. The van der Waals surface area contributed by atoms with E-state index < -0.39 is 0 Å². The van der Waals surface area contributed by atoms with Crippen LogP contribution in [0.5, 0.6) is 0 Å². The average Bonchev–Trinajstić information content (AvgIpc) is 3.12. The third-order valence-corrected chi connectivity index (χ3v) is 6.23. The summed E-state index contributed by atoms with van der Waals surface area (Å²) in [5.74, 6) is 1.38. The van der Waals surface area contributed by atoms with Crippen LogP contribution in [0.4, 0.5) is 0 Å². The minimum Gasteiger partial charge on any atom is -0.361 e. The summed E-state index contributed by atoms with van der Waals surface area (Å²) in [4.78, 5) is 26.5. The molecule has 2 N–H and O–H groups in total. The fraction of sp³-hybridized carbons (Fsp3) is 0.455. The van der Waals surface area contributed by atoms with Gasteiger partial charge in [0.2, 0.25) is 0 Å². The van der Waals surface area contributed by atoms with E-state index in [9.17, 15) is 4.79 Å². The number of rotatable bonds is 3. The van der Waals surface area contributed by atoms with Crippen LogP contribution in [-0.2, 0) is 19.5 Å². The van der Waals surface area contributed by atoms with Crippen LogP contribution in [0.1, 0.15) is 60.7 Å². The van der Waals surface area contributed by atoms with Crippen molar-refractivity contribution in [3.63, 3.8) is 0 Å². The molecule has 1 saturated carbocycles. The molecule has 27 heavy (non-hydrogen) atoms. The van der Waals surface area contributed by atoms with Crippen LogP contribution in [-0.4, -0.2) is 26.4 Å². The van der Waals surface area contributed by atoms with Gasteiger partial charge in [-0.25, -0.2) is 4.98 Å². The van der Waals surface area contributed by atoms with Gasteiger partial charge in [-0.2, -0.15) is 0 Å². The first-order valence-corrected chi connectivity index (χ1v) is 10.2. The third kappa shape index (κ3) is 3.21. The normalized spacial score (nSPS) is 18.7. The summed E-state index contributed by atoms with van der Waals surface area (Å²) in [5.41, 5.74) is 4.41. The number of hydrogen-bond donors (Lipinski definition) is 2. The quantitative estimate of drug-likeness (QED) is 0.744. The summed E-state index contributed by atoms with van der Waals surface area (Å²) in [6.45, 7) is 2.49. The molecule has 1 aliphatic carbocycles. The van der Waals surface area contributed by atoms with Gasteiger partial charge in [0.05, 0.1) is 11.3 Å². The molecule has 0 spiro atoms. The Kier molecular flexibility index (Phi) is 4.32. The molecule has 2 aromatic heterocycles. The van der Waals surface area contributed by atoms with E-state index in [-0.39, 0.29) is 5.56 Å². The van der Waals surface area contributed by atoms with Gasteiger partial charge >= 0.3 is 0 Å². The second-order valence-corrected chi connectivity index (χ2v) is 8.03. The molecule has 140 valence electrons. The predicted molar refractivity (Wildman–Crippen MR) is 107 cm³/mol. The summed E-state index contributed by atoms with van der Waals surface area (Å²) in [6, 6.07) is 8.39. The van der Waals surface area contributed by atoms with Crippen molar-refractivity contribution in [3.05, 3.63) is 63.5 Å². The second kappa shape index (κ2) is 6.97. The highest BCUT2D eigenvalue weighted by Crippen LogP contribution is 2.31. The van der Waals surface area contributed by atoms with Crippen LogP contribution >= 0.6 is 0 Å². The Balaban J connectivity index is 1.37. The lowest BCUT2D eigenvalue weighted by atomic mass is 9.88. The molecule has 0 bridgehead atoms. The van der Waals surface area contributed by atoms with Gasteiger partial charge in [-0.15, -0.1) is 0 Å². The molecule has 0 amide bonds. The Morgan fingerprint density at radius 2 is 2.00 bits per heavy atom. The van der Waals surface area contributed by atoms with Gasteiger partial charge in [0.15, 0.2) is 0 Å². The summed E-state index contributed by atoms with van der Waals surface area (Å²) in [6.07, 6.45) is 9.10. The first kappa shape index (κ1) is 16.8. The van der Waals surface area contributed by atoms with Crippen LogP contribution in [0, 0.1) is 0 Å². The van der Waals surface area contributed by atoms with Crippen LogP contribution in [0.25, 0.3) is 10.9 Å². The van der Waals surface area contributed by atoms with Crippen molar-refractivity contribution in [3.8, 4) is 0 Å². The Bertz CT molecular complexity index is 1010. The van der Waals surface area contributed by atoms with E-state index in [2.05, 4.69) is 45.3 Å². The Morgan fingerprint density at radius 1 is 1.15 bits per heavy atom. The molecule has 1 aromatic carbocycles. The number of hydrogen-bond acceptors (Lipinski definition) is 3. The number of fused-ring (bicyclic) bond motifs is 2. The van der Waals surface area contributed by atoms with Crippen molar-refractivity contribution in [2.24, 2.45) is 0 Å². The van der Waals surface area contributed by atoms with E-state index in [1.54, 1.807) is 0 Å². The minimum atomic E-state index is 0.0733. The Hall–Kier alpha value is -2.40. The van der Waals surface area contributed by atoms with Crippen LogP contribution in [0.3, 0.4) is 0 Å². The maximum Gasteiger partial charge on any atom is 0.255 e. The number of H-pyrrole nitrogens is 2. The molecular weight excluding hydrogens is 336 g/mol. The maximum absolute atomic E-state index is 12.8.